The Morgan fingerprint density at radius 3 is 2.07 bits per heavy atom. The number of rotatable bonds is 0. The first-order valence-corrected chi connectivity index (χ1v) is 4.04. The van der Waals surface area contributed by atoms with Crippen molar-refractivity contribution >= 4 is 0 Å². The van der Waals surface area contributed by atoms with Crippen LogP contribution in [0.15, 0.2) is 24.4 Å². The third-order valence-electron chi connectivity index (χ3n) is 1.73. The van der Waals surface area contributed by atoms with E-state index >= 15 is 0 Å². The van der Waals surface area contributed by atoms with Crippen LogP contribution in [0.3, 0.4) is 0 Å². The van der Waals surface area contributed by atoms with Gasteiger partial charge >= 0.3 is 21.7 Å². The van der Waals surface area contributed by atoms with Gasteiger partial charge in [-0.1, -0.05) is 13.8 Å². The van der Waals surface area contributed by atoms with Crippen LogP contribution in [0.2, 0.25) is 0 Å². The molecule has 1 nitrogen and oxygen atoms in total. The molecule has 1 heterocycles. The minimum absolute atomic E-state index is 0. The summed E-state index contributed by atoms with van der Waals surface area (Å²) in [7, 11) is 0. The zero-order valence-electron chi connectivity index (χ0n) is 8.77. The molecule has 0 aliphatic heterocycles. The topological polar surface area (TPSA) is 15.8 Å². The van der Waals surface area contributed by atoms with Crippen LogP contribution in [0.4, 0.5) is 0 Å². The zero-order chi connectivity index (χ0) is 8.81. The van der Waals surface area contributed by atoms with Gasteiger partial charge in [0.15, 0.2) is 0 Å². The molecule has 1 aromatic heterocycles. The Kier molecular flexibility index (Phi) is 16.5. The molecule has 0 atom stereocenters. The summed E-state index contributed by atoms with van der Waals surface area (Å²) in [6.45, 7) is 4.09. The van der Waals surface area contributed by atoms with E-state index in [1.165, 1.54) is 11.1 Å². The maximum absolute atomic E-state index is 2.99. The van der Waals surface area contributed by atoms with Crippen LogP contribution in [-0.4, -0.2) is 4.98 Å². The first-order chi connectivity index (χ1) is 5.80. The molecule has 1 aromatic rings. The minimum atomic E-state index is 0. The van der Waals surface area contributed by atoms with E-state index in [9.17, 15) is 0 Å². The van der Waals surface area contributed by atoms with E-state index in [1.54, 1.807) is 0 Å². The van der Waals surface area contributed by atoms with E-state index < -0.39 is 0 Å². The van der Waals surface area contributed by atoms with Crippen molar-refractivity contribution in [1.82, 2.24) is 4.98 Å². The van der Waals surface area contributed by atoms with Gasteiger partial charge in [0.25, 0.3) is 0 Å². The average molecular weight is 278 g/mol. The first kappa shape index (κ1) is 20.5. The summed E-state index contributed by atoms with van der Waals surface area (Å²) in [6, 6.07) is 0. The Morgan fingerprint density at radius 1 is 1.27 bits per heavy atom. The summed E-state index contributed by atoms with van der Waals surface area (Å²) < 4.78 is 0. The third kappa shape index (κ3) is 9.01. The second-order valence-corrected chi connectivity index (χ2v) is 2.72. The molecule has 0 spiro atoms. The molecule has 1 aliphatic carbocycles. The maximum atomic E-state index is 2.99. The van der Waals surface area contributed by atoms with Crippen LogP contribution in [0.5, 0.6) is 0 Å². The Labute approximate surface area is 119 Å². The first-order valence-electron chi connectivity index (χ1n) is 4.04. The Hall–Kier alpha value is 0.0543. The van der Waals surface area contributed by atoms with Crippen molar-refractivity contribution < 1.29 is 46.5 Å². The summed E-state index contributed by atoms with van der Waals surface area (Å²) in [6.07, 6.45) is 14.9. The van der Waals surface area contributed by atoms with E-state index in [2.05, 4.69) is 30.3 Å². The van der Waals surface area contributed by atoms with E-state index in [4.69, 9.17) is 0 Å². The monoisotopic (exact) mass is 277 g/mol. The molecule has 1 N–H and O–H groups in total. The second kappa shape index (κ2) is 12.1. The molecular weight excluding hydrogens is 265 g/mol. The van der Waals surface area contributed by atoms with E-state index in [-0.39, 0.29) is 46.5 Å². The van der Waals surface area contributed by atoms with E-state index in [0.29, 0.717) is 0 Å². The standard InChI is InChI=1S/C6H8N.C5H5.2ClH.Ti/c1-5-3-7-4-6(5)2;1-2-4-5-3-1;;;/h3,7H,1-2H3;1-3H,4H2;2*1H;/q2*-1;;;+4/p-2. The number of aromatic amines is 1. The van der Waals surface area contributed by atoms with Crippen molar-refractivity contribution in [3.63, 3.8) is 0 Å². The van der Waals surface area contributed by atoms with Gasteiger partial charge in [-0.15, -0.1) is 18.8 Å². The largest absolute Gasteiger partial charge is 4.00 e. The quantitative estimate of drug-likeness (QED) is 0.379. The minimum Gasteiger partial charge on any atom is -1.00 e. The summed E-state index contributed by atoms with van der Waals surface area (Å²) in [5.41, 5.74) is 2.49. The van der Waals surface area contributed by atoms with Gasteiger partial charge in [0.2, 0.25) is 0 Å². The Morgan fingerprint density at radius 2 is 1.93 bits per heavy atom. The summed E-state index contributed by atoms with van der Waals surface area (Å²) >= 11 is 0. The molecule has 4 heteroatoms. The van der Waals surface area contributed by atoms with Crippen molar-refractivity contribution in [2.45, 2.75) is 20.3 Å². The van der Waals surface area contributed by atoms with Crippen molar-refractivity contribution in [2.75, 3.05) is 0 Å². The number of allylic oxidation sites excluding steroid dienone is 4. The van der Waals surface area contributed by atoms with E-state index in [0.717, 1.165) is 6.42 Å². The smallest absolute Gasteiger partial charge is 1.00 e. The van der Waals surface area contributed by atoms with E-state index in [1.807, 2.05) is 25.3 Å². The van der Waals surface area contributed by atoms with Gasteiger partial charge in [0, 0.05) is 0 Å². The third-order valence-corrected chi connectivity index (χ3v) is 1.73. The fourth-order valence-electron chi connectivity index (χ4n) is 0.800. The van der Waals surface area contributed by atoms with Crippen LogP contribution in [-0.2, 0) is 21.7 Å². The second-order valence-electron chi connectivity index (χ2n) is 2.72. The maximum Gasteiger partial charge on any atom is 4.00 e. The molecule has 0 unspecified atom stereocenters. The SMILES string of the molecule is Cc1[c-][nH]cc1C.[C-]1=CC=CC1.[Cl-].[Cl-].[Ti+4]. The molecule has 80 valence electrons. The molecule has 15 heavy (non-hydrogen) atoms. The molecule has 0 aromatic carbocycles. The van der Waals surface area contributed by atoms with Gasteiger partial charge in [0.1, 0.15) is 0 Å². The van der Waals surface area contributed by atoms with Crippen molar-refractivity contribution in [2.24, 2.45) is 0 Å². The van der Waals surface area contributed by atoms with Gasteiger partial charge in [0.05, 0.1) is 0 Å². The predicted octanol–water partition coefficient (Wildman–Crippen LogP) is -3.26. The number of aromatic nitrogens is 1. The molecule has 0 fully saturated rings. The Balaban J connectivity index is -0.000000165. The number of halogens is 2. The number of hydrogen-bond acceptors (Lipinski definition) is 0. The summed E-state index contributed by atoms with van der Waals surface area (Å²) in [5, 5.41) is 0. The molecule has 0 radical (unpaired) electrons. The van der Waals surface area contributed by atoms with Crippen LogP contribution in [0.25, 0.3) is 0 Å². The average Bonchev–Trinajstić information content (AvgIpc) is 2.67. The van der Waals surface area contributed by atoms with Crippen LogP contribution in [0.1, 0.15) is 17.5 Å². The normalized spacial score (nSPS) is 10.3. The van der Waals surface area contributed by atoms with Crippen LogP contribution < -0.4 is 24.8 Å². The van der Waals surface area contributed by atoms with Crippen LogP contribution >= 0.6 is 0 Å². The molecule has 0 saturated carbocycles. The summed E-state index contributed by atoms with van der Waals surface area (Å²) in [4.78, 5) is 2.87. The van der Waals surface area contributed by atoms with Gasteiger partial charge in [-0.2, -0.15) is 17.2 Å². The number of hydrogen-bond donors (Lipinski definition) is 1. The number of nitrogens with one attached hydrogen (secondary N) is 1. The Bertz CT molecular complexity index is 266. The van der Waals surface area contributed by atoms with Gasteiger partial charge < -0.3 is 29.8 Å². The van der Waals surface area contributed by atoms with Crippen molar-refractivity contribution in [3.05, 3.63) is 47.8 Å². The summed E-state index contributed by atoms with van der Waals surface area (Å²) in [5.74, 6) is 0. The number of aryl methyl sites for hydroxylation is 2. The molecule has 0 amide bonds. The van der Waals surface area contributed by atoms with Gasteiger partial charge in [-0.3, -0.25) is 6.08 Å². The van der Waals surface area contributed by atoms with Gasteiger partial charge in [-0.25, -0.2) is 12.2 Å². The van der Waals surface area contributed by atoms with Crippen LogP contribution in [0, 0.1) is 26.1 Å². The molecule has 0 saturated heterocycles. The van der Waals surface area contributed by atoms with Gasteiger partial charge in [-0.05, 0) is 0 Å². The molecule has 2 rings (SSSR count). The molecular formula is C11H13Cl2NTi. The predicted molar refractivity (Wildman–Crippen MR) is 50.7 cm³/mol. The van der Waals surface area contributed by atoms with Crippen molar-refractivity contribution in [3.8, 4) is 0 Å². The number of H-pyrrole nitrogens is 1. The zero-order valence-corrected chi connectivity index (χ0v) is 11.8. The fourth-order valence-corrected chi connectivity index (χ4v) is 0.800. The molecule has 0 bridgehead atoms. The van der Waals surface area contributed by atoms with Crippen molar-refractivity contribution in [1.29, 1.82) is 0 Å². The molecule has 1 aliphatic rings. The fraction of sp³-hybridized carbons (Fsp3) is 0.273.